The lowest BCUT2D eigenvalue weighted by atomic mass is 9.93. The zero-order valence-corrected chi connectivity index (χ0v) is 11.4. The molecule has 2 N–H and O–H groups in total. The predicted molar refractivity (Wildman–Crippen MR) is 75.1 cm³/mol. The van der Waals surface area contributed by atoms with Gasteiger partial charge in [0.2, 0.25) is 0 Å². The Morgan fingerprint density at radius 2 is 2.26 bits per heavy atom. The lowest BCUT2D eigenvalue weighted by Crippen LogP contribution is -2.45. The lowest BCUT2D eigenvalue weighted by Gasteiger charge is -2.28. The van der Waals surface area contributed by atoms with E-state index in [1.807, 2.05) is 30.3 Å². The Labute approximate surface area is 114 Å². The number of hydrogen-bond donors (Lipinski definition) is 2. The number of rotatable bonds is 5. The van der Waals surface area contributed by atoms with Crippen LogP contribution in [0.1, 0.15) is 19.8 Å². The highest BCUT2D eigenvalue weighted by atomic mass is 16.5. The standard InChI is InChI=1S/C15H22N2O2/c1-12(13-6-5-9-16-10-13)17-15(18)11-19-14-7-3-2-4-8-14/h2-4,7-8,12-13,16H,5-6,9-11H2,1H3,(H,17,18). The van der Waals surface area contributed by atoms with Crippen LogP contribution in [0.3, 0.4) is 0 Å². The second-order valence-corrected chi connectivity index (χ2v) is 5.06. The van der Waals surface area contributed by atoms with Crippen LogP contribution in [0, 0.1) is 5.92 Å². The van der Waals surface area contributed by atoms with E-state index in [2.05, 4.69) is 17.6 Å². The minimum atomic E-state index is -0.0538. The summed E-state index contributed by atoms with van der Waals surface area (Å²) in [5, 5.41) is 6.38. The molecule has 1 aromatic rings. The van der Waals surface area contributed by atoms with E-state index in [1.165, 1.54) is 12.8 Å². The van der Waals surface area contributed by atoms with E-state index in [0.29, 0.717) is 5.92 Å². The summed E-state index contributed by atoms with van der Waals surface area (Å²) in [6, 6.07) is 9.60. The Morgan fingerprint density at radius 3 is 2.95 bits per heavy atom. The van der Waals surface area contributed by atoms with E-state index >= 15 is 0 Å². The number of piperidine rings is 1. The molecule has 2 atom stereocenters. The number of ether oxygens (including phenoxy) is 1. The van der Waals surface area contributed by atoms with E-state index in [9.17, 15) is 4.79 Å². The molecule has 19 heavy (non-hydrogen) atoms. The summed E-state index contributed by atoms with van der Waals surface area (Å²) in [5.41, 5.74) is 0. The molecule has 104 valence electrons. The van der Waals surface area contributed by atoms with Crippen molar-refractivity contribution < 1.29 is 9.53 Å². The number of hydrogen-bond acceptors (Lipinski definition) is 3. The molecule has 0 radical (unpaired) electrons. The molecule has 0 aromatic heterocycles. The van der Waals surface area contributed by atoms with Gasteiger partial charge >= 0.3 is 0 Å². The van der Waals surface area contributed by atoms with Crippen molar-refractivity contribution in [2.24, 2.45) is 5.92 Å². The molecule has 0 bridgehead atoms. The summed E-state index contributed by atoms with van der Waals surface area (Å²) in [6.45, 7) is 4.22. The molecule has 1 saturated heterocycles. The second kappa shape index (κ2) is 7.14. The van der Waals surface area contributed by atoms with Crippen molar-refractivity contribution in [2.45, 2.75) is 25.8 Å². The van der Waals surface area contributed by atoms with Gasteiger partial charge in [0.05, 0.1) is 0 Å². The van der Waals surface area contributed by atoms with Gasteiger partial charge in [0.15, 0.2) is 6.61 Å². The third-order valence-corrected chi connectivity index (χ3v) is 3.54. The zero-order valence-electron chi connectivity index (χ0n) is 11.4. The summed E-state index contributed by atoms with van der Waals surface area (Å²) in [5.74, 6) is 1.20. The van der Waals surface area contributed by atoms with E-state index in [4.69, 9.17) is 4.74 Å². The largest absolute Gasteiger partial charge is 0.484 e. The molecular weight excluding hydrogens is 240 g/mol. The maximum absolute atomic E-state index is 11.8. The van der Waals surface area contributed by atoms with Gasteiger partial charge < -0.3 is 15.4 Å². The van der Waals surface area contributed by atoms with Crippen molar-refractivity contribution in [3.63, 3.8) is 0 Å². The van der Waals surface area contributed by atoms with Gasteiger partial charge in [-0.1, -0.05) is 18.2 Å². The molecule has 2 rings (SSSR count). The van der Waals surface area contributed by atoms with Crippen LogP contribution in [0.2, 0.25) is 0 Å². The highest BCUT2D eigenvalue weighted by Gasteiger charge is 2.21. The summed E-state index contributed by atoms with van der Waals surface area (Å²) in [4.78, 5) is 11.8. The molecule has 2 unspecified atom stereocenters. The smallest absolute Gasteiger partial charge is 0.258 e. The minimum Gasteiger partial charge on any atom is -0.484 e. The van der Waals surface area contributed by atoms with Crippen molar-refractivity contribution >= 4 is 5.91 Å². The Hall–Kier alpha value is -1.55. The van der Waals surface area contributed by atoms with E-state index in [1.54, 1.807) is 0 Å². The minimum absolute atomic E-state index is 0.0538. The normalized spacial score (nSPS) is 20.6. The van der Waals surface area contributed by atoms with Gasteiger partial charge in [-0.2, -0.15) is 0 Å². The number of para-hydroxylation sites is 1. The quantitative estimate of drug-likeness (QED) is 0.847. The molecule has 1 aliphatic rings. The molecule has 1 aliphatic heterocycles. The second-order valence-electron chi connectivity index (χ2n) is 5.06. The number of nitrogens with one attached hydrogen (secondary N) is 2. The van der Waals surface area contributed by atoms with Gasteiger partial charge in [0, 0.05) is 6.04 Å². The summed E-state index contributed by atoms with van der Waals surface area (Å²) >= 11 is 0. The van der Waals surface area contributed by atoms with Crippen LogP contribution in [0.4, 0.5) is 0 Å². The van der Waals surface area contributed by atoms with Crippen LogP contribution in [0.25, 0.3) is 0 Å². The summed E-state index contributed by atoms with van der Waals surface area (Å²) in [6.07, 6.45) is 2.36. The van der Waals surface area contributed by atoms with Crippen LogP contribution in [-0.2, 0) is 4.79 Å². The molecule has 1 aromatic carbocycles. The molecule has 1 amide bonds. The van der Waals surface area contributed by atoms with Crippen molar-refractivity contribution in [3.05, 3.63) is 30.3 Å². The first-order chi connectivity index (χ1) is 9.25. The topological polar surface area (TPSA) is 50.4 Å². The molecule has 1 fully saturated rings. The van der Waals surface area contributed by atoms with Gasteiger partial charge in [-0.3, -0.25) is 4.79 Å². The molecule has 0 saturated carbocycles. The maximum atomic E-state index is 11.8. The molecule has 0 spiro atoms. The highest BCUT2D eigenvalue weighted by Crippen LogP contribution is 2.14. The molecule has 0 aliphatic carbocycles. The number of carbonyl (C=O) groups excluding carboxylic acids is 1. The van der Waals surface area contributed by atoms with Crippen molar-refractivity contribution in [1.82, 2.24) is 10.6 Å². The number of benzene rings is 1. The monoisotopic (exact) mass is 262 g/mol. The highest BCUT2D eigenvalue weighted by molar-refractivity contribution is 5.77. The third kappa shape index (κ3) is 4.56. The van der Waals surface area contributed by atoms with Crippen LogP contribution in [0.15, 0.2) is 30.3 Å². The van der Waals surface area contributed by atoms with Gasteiger partial charge in [0.25, 0.3) is 5.91 Å². The Kier molecular flexibility index (Phi) is 5.21. The average molecular weight is 262 g/mol. The van der Waals surface area contributed by atoms with Crippen LogP contribution in [0.5, 0.6) is 5.75 Å². The SMILES string of the molecule is CC(NC(=O)COc1ccccc1)C1CCCNC1. The maximum Gasteiger partial charge on any atom is 0.258 e. The van der Waals surface area contributed by atoms with E-state index in [0.717, 1.165) is 18.8 Å². The van der Waals surface area contributed by atoms with Crippen molar-refractivity contribution in [1.29, 1.82) is 0 Å². The summed E-state index contributed by atoms with van der Waals surface area (Å²) in [7, 11) is 0. The van der Waals surface area contributed by atoms with E-state index < -0.39 is 0 Å². The molecular formula is C15H22N2O2. The van der Waals surface area contributed by atoms with Gasteiger partial charge in [-0.05, 0) is 50.9 Å². The third-order valence-electron chi connectivity index (χ3n) is 3.54. The Balaban J connectivity index is 1.71. The Morgan fingerprint density at radius 1 is 1.47 bits per heavy atom. The fraction of sp³-hybridized carbons (Fsp3) is 0.533. The molecule has 4 nitrogen and oxygen atoms in total. The van der Waals surface area contributed by atoms with Crippen LogP contribution < -0.4 is 15.4 Å². The van der Waals surface area contributed by atoms with Gasteiger partial charge in [-0.25, -0.2) is 0 Å². The summed E-state index contributed by atoms with van der Waals surface area (Å²) < 4.78 is 5.43. The van der Waals surface area contributed by atoms with Gasteiger partial charge in [0.1, 0.15) is 5.75 Å². The molecule has 1 heterocycles. The molecule has 4 heteroatoms. The predicted octanol–water partition coefficient (Wildman–Crippen LogP) is 1.57. The fourth-order valence-corrected chi connectivity index (χ4v) is 2.38. The first kappa shape index (κ1) is 13.9. The number of amides is 1. The zero-order chi connectivity index (χ0) is 13.5. The van der Waals surface area contributed by atoms with Crippen LogP contribution >= 0.6 is 0 Å². The average Bonchev–Trinajstić information content (AvgIpc) is 2.47. The first-order valence-electron chi connectivity index (χ1n) is 6.93. The van der Waals surface area contributed by atoms with E-state index in [-0.39, 0.29) is 18.6 Å². The van der Waals surface area contributed by atoms with Gasteiger partial charge in [-0.15, -0.1) is 0 Å². The van der Waals surface area contributed by atoms with Crippen molar-refractivity contribution in [2.75, 3.05) is 19.7 Å². The number of carbonyl (C=O) groups is 1. The Bertz CT molecular complexity index is 388. The van der Waals surface area contributed by atoms with Crippen molar-refractivity contribution in [3.8, 4) is 5.75 Å². The van der Waals surface area contributed by atoms with Crippen LogP contribution in [-0.4, -0.2) is 31.6 Å². The fourth-order valence-electron chi connectivity index (χ4n) is 2.38. The first-order valence-corrected chi connectivity index (χ1v) is 6.93. The lowest BCUT2D eigenvalue weighted by molar-refractivity contribution is -0.124.